The Morgan fingerprint density at radius 1 is 1.29 bits per heavy atom. The van der Waals surface area contributed by atoms with Crippen molar-refractivity contribution in [3.05, 3.63) is 34.9 Å². The number of rotatable bonds is 4. The predicted octanol–water partition coefficient (Wildman–Crippen LogP) is 2.93. The third kappa shape index (κ3) is 3.20. The molecule has 0 radical (unpaired) electrons. The lowest BCUT2D eigenvalue weighted by atomic mass is 10.0. The SMILES string of the molecule is CCCC1CCN(C(=O)c2cc(F)c(F)cc2C(=O)O)C1. The Bertz CT molecular complexity index is 574. The molecule has 4 nitrogen and oxygen atoms in total. The van der Waals surface area contributed by atoms with Crippen LogP contribution in [0.25, 0.3) is 0 Å². The van der Waals surface area contributed by atoms with Gasteiger partial charge in [-0.3, -0.25) is 4.79 Å². The van der Waals surface area contributed by atoms with Crippen molar-refractivity contribution < 1.29 is 23.5 Å². The van der Waals surface area contributed by atoms with Crippen LogP contribution in [0.4, 0.5) is 8.78 Å². The molecule has 1 N–H and O–H groups in total. The van der Waals surface area contributed by atoms with Gasteiger partial charge < -0.3 is 10.0 Å². The van der Waals surface area contributed by atoms with Gasteiger partial charge in [0.25, 0.3) is 5.91 Å². The summed E-state index contributed by atoms with van der Waals surface area (Å²) in [4.78, 5) is 25.0. The van der Waals surface area contributed by atoms with Crippen LogP contribution in [-0.2, 0) is 0 Å². The first-order valence-corrected chi connectivity index (χ1v) is 6.95. The Hall–Kier alpha value is -1.98. The highest BCUT2D eigenvalue weighted by molar-refractivity contribution is 6.04. The van der Waals surface area contributed by atoms with Crippen molar-refractivity contribution in [3.63, 3.8) is 0 Å². The monoisotopic (exact) mass is 297 g/mol. The van der Waals surface area contributed by atoms with Crippen LogP contribution in [0.1, 0.15) is 46.9 Å². The van der Waals surface area contributed by atoms with Crippen molar-refractivity contribution in [2.24, 2.45) is 5.92 Å². The van der Waals surface area contributed by atoms with Crippen LogP contribution in [0.5, 0.6) is 0 Å². The van der Waals surface area contributed by atoms with E-state index < -0.39 is 29.1 Å². The fraction of sp³-hybridized carbons (Fsp3) is 0.467. The van der Waals surface area contributed by atoms with Crippen LogP contribution in [0.3, 0.4) is 0 Å². The molecule has 0 spiro atoms. The molecule has 1 heterocycles. The van der Waals surface area contributed by atoms with E-state index in [2.05, 4.69) is 6.92 Å². The van der Waals surface area contributed by atoms with Gasteiger partial charge in [0.1, 0.15) is 0 Å². The van der Waals surface area contributed by atoms with Crippen molar-refractivity contribution in [2.75, 3.05) is 13.1 Å². The number of hydrogen-bond acceptors (Lipinski definition) is 2. The van der Waals surface area contributed by atoms with E-state index in [1.54, 1.807) is 0 Å². The number of carbonyl (C=O) groups excluding carboxylic acids is 1. The quantitative estimate of drug-likeness (QED) is 0.929. The minimum Gasteiger partial charge on any atom is -0.478 e. The molecule has 0 saturated carbocycles. The molecular formula is C15H17F2NO3. The Labute approximate surface area is 121 Å². The zero-order valence-electron chi connectivity index (χ0n) is 11.7. The number of hydrogen-bond donors (Lipinski definition) is 1. The predicted molar refractivity (Wildman–Crippen MR) is 72.2 cm³/mol. The summed E-state index contributed by atoms with van der Waals surface area (Å²) in [6.45, 7) is 3.11. The average Bonchev–Trinajstić information content (AvgIpc) is 2.89. The summed E-state index contributed by atoms with van der Waals surface area (Å²) in [6.07, 6.45) is 2.86. The first-order chi connectivity index (χ1) is 9.93. The van der Waals surface area contributed by atoms with Gasteiger partial charge in [-0.25, -0.2) is 13.6 Å². The number of carbonyl (C=O) groups is 2. The van der Waals surface area contributed by atoms with E-state index in [0.717, 1.165) is 19.3 Å². The van der Waals surface area contributed by atoms with Gasteiger partial charge in [0.05, 0.1) is 11.1 Å². The van der Waals surface area contributed by atoms with E-state index in [1.807, 2.05) is 0 Å². The van der Waals surface area contributed by atoms with Crippen LogP contribution >= 0.6 is 0 Å². The van der Waals surface area contributed by atoms with Gasteiger partial charge in [0, 0.05) is 13.1 Å². The van der Waals surface area contributed by atoms with Gasteiger partial charge in [0.2, 0.25) is 0 Å². The number of halogens is 2. The minimum atomic E-state index is -1.44. The van der Waals surface area contributed by atoms with Crippen molar-refractivity contribution in [1.29, 1.82) is 0 Å². The average molecular weight is 297 g/mol. The summed E-state index contributed by atoms with van der Waals surface area (Å²) in [5.41, 5.74) is -0.795. The molecule has 21 heavy (non-hydrogen) atoms. The van der Waals surface area contributed by atoms with Gasteiger partial charge in [-0.2, -0.15) is 0 Å². The number of benzene rings is 1. The molecular weight excluding hydrogens is 280 g/mol. The van der Waals surface area contributed by atoms with Crippen LogP contribution in [0.15, 0.2) is 12.1 Å². The zero-order chi connectivity index (χ0) is 15.6. The van der Waals surface area contributed by atoms with Crippen molar-refractivity contribution >= 4 is 11.9 Å². The van der Waals surface area contributed by atoms with Gasteiger partial charge in [-0.15, -0.1) is 0 Å². The van der Waals surface area contributed by atoms with E-state index in [0.29, 0.717) is 31.1 Å². The Morgan fingerprint density at radius 3 is 2.48 bits per heavy atom. The Balaban J connectivity index is 2.27. The summed E-state index contributed by atoms with van der Waals surface area (Å²) < 4.78 is 26.5. The number of amides is 1. The maximum Gasteiger partial charge on any atom is 0.336 e. The molecule has 1 aromatic carbocycles. The summed E-state index contributed by atoms with van der Waals surface area (Å²) >= 11 is 0. The highest BCUT2D eigenvalue weighted by Crippen LogP contribution is 2.24. The Morgan fingerprint density at radius 2 is 1.90 bits per heavy atom. The third-order valence-electron chi connectivity index (χ3n) is 3.79. The topological polar surface area (TPSA) is 57.6 Å². The largest absolute Gasteiger partial charge is 0.478 e. The van der Waals surface area contributed by atoms with Gasteiger partial charge >= 0.3 is 5.97 Å². The summed E-state index contributed by atoms with van der Waals surface area (Å²) in [7, 11) is 0. The number of aromatic carboxylic acids is 1. The lowest BCUT2D eigenvalue weighted by molar-refractivity contribution is 0.0679. The van der Waals surface area contributed by atoms with Crippen LogP contribution in [0.2, 0.25) is 0 Å². The normalized spacial score (nSPS) is 18.0. The third-order valence-corrected chi connectivity index (χ3v) is 3.79. The molecule has 6 heteroatoms. The summed E-state index contributed by atoms with van der Waals surface area (Å²) in [5, 5.41) is 9.05. The lowest BCUT2D eigenvalue weighted by Gasteiger charge is -2.18. The smallest absolute Gasteiger partial charge is 0.336 e. The maximum absolute atomic E-state index is 13.3. The fourth-order valence-electron chi connectivity index (χ4n) is 2.73. The second-order valence-corrected chi connectivity index (χ2v) is 5.31. The second kappa shape index (κ2) is 6.20. The molecule has 2 rings (SSSR count). The van der Waals surface area contributed by atoms with Crippen molar-refractivity contribution in [3.8, 4) is 0 Å². The first kappa shape index (κ1) is 15.4. The molecule has 0 aliphatic carbocycles. The van der Waals surface area contributed by atoms with E-state index >= 15 is 0 Å². The molecule has 1 unspecified atom stereocenters. The lowest BCUT2D eigenvalue weighted by Crippen LogP contribution is -2.30. The summed E-state index contributed by atoms with van der Waals surface area (Å²) in [6, 6.07) is 1.23. The minimum absolute atomic E-state index is 0.293. The van der Waals surface area contributed by atoms with Crippen LogP contribution in [-0.4, -0.2) is 35.0 Å². The van der Waals surface area contributed by atoms with Crippen LogP contribution in [0, 0.1) is 17.6 Å². The molecule has 1 atom stereocenters. The number of likely N-dealkylation sites (tertiary alicyclic amines) is 1. The molecule has 114 valence electrons. The molecule has 1 saturated heterocycles. The molecule has 0 aromatic heterocycles. The fourth-order valence-corrected chi connectivity index (χ4v) is 2.73. The zero-order valence-corrected chi connectivity index (χ0v) is 11.7. The Kier molecular flexibility index (Phi) is 4.55. The second-order valence-electron chi connectivity index (χ2n) is 5.31. The number of carboxylic acid groups (broad SMARTS) is 1. The highest BCUT2D eigenvalue weighted by Gasteiger charge is 2.29. The van der Waals surface area contributed by atoms with E-state index in [1.165, 1.54) is 4.90 Å². The summed E-state index contributed by atoms with van der Waals surface area (Å²) in [5.74, 6) is -4.09. The molecule has 0 bridgehead atoms. The van der Waals surface area contributed by atoms with Gasteiger partial charge in [-0.05, 0) is 30.9 Å². The van der Waals surface area contributed by atoms with Gasteiger partial charge in [-0.1, -0.05) is 13.3 Å². The molecule has 1 fully saturated rings. The molecule has 1 aromatic rings. The standard InChI is InChI=1S/C15H17F2NO3/c1-2-3-9-4-5-18(8-9)14(19)10-6-12(16)13(17)7-11(10)15(20)21/h6-7,9H,2-5,8H2,1H3,(H,20,21). The number of nitrogens with zero attached hydrogens (tertiary/aromatic N) is 1. The van der Waals surface area contributed by atoms with Gasteiger partial charge in [0.15, 0.2) is 11.6 Å². The molecule has 1 amide bonds. The van der Waals surface area contributed by atoms with Crippen molar-refractivity contribution in [2.45, 2.75) is 26.2 Å². The molecule has 1 aliphatic rings. The van der Waals surface area contributed by atoms with E-state index in [4.69, 9.17) is 5.11 Å². The number of carboxylic acids is 1. The van der Waals surface area contributed by atoms with E-state index in [9.17, 15) is 18.4 Å². The van der Waals surface area contributed by atoms with E-state index in [-0.39, 0.29) is 5.56 Å². The maximum atomic E-state index is 13.3. The molecule has 1 aliphatic heterocycles. The van der Waals surface area contributed by atoms with Crippen molar-refractivity contribution in [1.82, 2.24) is 4.90 Å². The van der Waals surface area contributed by atoms with Crippen LogP contribution < -0.4 is 0 Å². The highest BCUT2D eigenvalue weighted by atomic mass is 19.2. The first-order valence-electron chi connectivity index (χ1n) is 6.95.